The summed E-state index contributed by atoms with van der Waals surface area (Å²) in [4.78, 5) is 13.9. The van der Waals surface area contributed by atoms with Crippen molar-refractivity contribution in [3.63, 3.8) is 0 Å². The summed E-state index contributed by atoms with van der Waals surface area (Å²) < 4.78 is 0. The number of nitrogens with zero attached hydrogens (tertiary/aromatic N) is 4. The highest BCUT2D eigenvalue weighted by molar-refractivity contribution is 5.94. The van der Waals surface area contributed by atoms with Gasteiger partial charge in [0.2, 0.25) is 0 Å². The van der Waals surface area contributed by atoms with Gasteiger partial charge in [-0.05, 0) is 48.9 Å². The molecule has 1 aromatic carbocycles. The minimum absolute atomic E-state index is 0.132. The topological polar surface area (TPSA) is 92.9 Å². The average molecular weight is 343 g/mol. The van der Waals surface area contributed by atoms with E-state index in [0.717, 1.165) is 12.8 Å². The van der Waals surface area contributed by atoms with Crippen molar-refractivity contribution in [3.05, 3.63) is 41.7 Å². The zero-order chi connectivity index (χ0) is 17.9. The number of aromatic nitrogens is 4. The van der Waals surface area contributed by atoms with Gasteiger partial charge in [0.05, 0.1) is 18.2 Å². The molecule has 0 saturated heterocycles. The van der Waals surface area contributed by atoms with Crippen LogP contribution in [0.4, 0.5) is 0 Å². The molecule has 0 spiro atoms. The molecule has 134 valence electrons. The van der Waals surface area contributed by atoms with E-state index in [1.807, 2.05) is 32.0 Å². The van der Waals surface area contributed by atoms with Crippen molar-refractivity contribution in [2.75, 3.05) is 0 Å². The van der Waals surface area contributed by atoms with Gasteiger partial charge in [0, 0.05) is 5.56 Å². The van der Waals surface area contributed by atoms with E-state index in [0.29, 0.717) is 36.7 Å². The Hall–Kier alpha value is -2.28. The van der Waals surface area contributed by atoms with E-state index in [1.165, 1.54) is 4.80 Å². The quantitative estimate of drug-likeness (QED) is 0.766. The second kappa shape index (κ2) is 7.31. The zero-order valence-electron chi connectivity index (χ0n) is 14.7. The molecule has 3 rings (SSSR count). The molecule has 1 saturated carbocycles. The van der Waals surface area contributed by atoms with Crippen molar-refractivity contribution in [2.45, 2.75) is 57.7 Å². The molecule has 0 aliphatic heterocycles. The monoisotopic (exact) mass is 343 g/mol. The van der Waals surface area contributed by atoms with Gasteiger partial charge in [-0.1, -0.05) is 32.0 Å². The Morgan fingerprint density at radius 1 is 1.32 bits per heavy atom. The van der Waals surface area contributed by atoms with Gasteiger partial charge in [-0.3, -0.25) is 4.79 Å². The molecular weight excluding hydrogens is 318 g/mol. The molecule has 2 aromatic rings. The fourth-order valence-corrected chi connectivity index (χ4v) is 2.82. The van der Waals surface area contributed by atoms with E-state index in [9.17, 15) is 9.90 Å². The summed E-state index contributed by atoms with van der Waals surface area (Å²) in [5.74, 6) is 0.732. The Morgan fingerprint density at radius 3 is 2.60 bits per heavy atom. The van der Waals surface area contributed by atoms with E-state index < -0.39 is 5.60 Å². The molecule has 0 radical (unpaired) electrons. The van der Waals surface area contributed by atoms with Crippen molar-refractivity contribution in [1.29, 1.82) is 0 Å². The lowest BCUT2D eigenvalue weighted by molar-refractivity contribution is 0.00749. The number of rotatable bonds is 8. The van der Waals surface area contributed by atoms with E-state index in [2.05, 4.69) is 20.7 Å². The lowest BCUT2D eigenvalue weighted by atomic mass is 9.98. The maximum atomic E-state index is 12.5. The Balaban J connectivity index is 1.73. The summed E-state index contributed by atoms with van der Waals surface area (Å²) >= 11 is 0. The number of nitrogens with one attached hydrogen (secondary N) is 1. The van der Waals surface area contributed by atoms with Gasteiger partial charge < -0.3 is 10.4 Å². The lowest BCUT2D eigenvalue weighted by Gasteiger charge is -2.23. The van der Waals surface area contributed by atoms with Crippen LogP contribution in [-0.2, 0) is 6.54 Å². The van der Waals surface area contributed by atoms with Crippen molar-refractivity contribution < 1.29 is 9.90 Å². The van der Waals surface area contributed by atoms with Crippen LogP contribution < -0.4 is 5.32 Å². The third-order valence-electron chi connectivity index (χ3n) is 4.91. The number of hydrogen-bond acceptors (Lipinski definition) is 5. The molecule has 0 bridgehead atoms. The second-order valence-electron chi connectivity index (χ2n) is 6.76. The highest BCUT2D eigenvalue weighted by Gasteiger charge is 2.37. The fourth-order valence-electron chi connectivity index (χ4n) is 2.82. The van der Waals surface area contributed by atoms with Crippen LogP contribution in [0, 0.1) is 5.92 Å². The third kappa shape index (κ3) is 4.22. The lowest BCUT2D eigenvalue weighted by Crippen LogP contribution is -2.34. The second-order valence-corrected chi connectivity index (χ2v) is 6.76. The number of carbonyl (C=O) groups excluding carboxylic acids is 1. The predicted octanol–water partition coefficient (Wildman–Crippen LogP) is 2.11. The van der Waals surface area contributed by atoms with Crippen LogP contribution in [0.3, 0.4) is 0 Å². The maximum absolute atomic E-state index is 12.5. The third-order valence-corrected chi connectivity index (χ3v) is 4.91. The molecule has 1 aliphatic carbocycles. The van der Waals surface area contributed by atoms with Crippen LogP contribution in [0.5, 0.6) is 0 Å². The molecule has 1 unspecified atom stereocenters. The molecule has 1 atom stereocenters. The molecule has 7 nitrogen and oxygen atoms in total. The van der Waals surface area contributed by atoms with Gasteiger partial charge in [-0.15, -0.1) is 10.2 Å². The minimum atomic E-state index is -0.833. The van der Waals surface area contributed by atoms with Crippen molar-refractivity contribution >= 4 is 5.91 Å². The van der Waals surface area contributed by atoms with Crippen molar-refractivity contribution in [2.24, 2.45) is 5.92 Å². The summed E-state index contributed by atoms with van der Waals surface area (Å²) in [6.45, 7) is 4.18. The first-order valence-corrected chi connectivity index (χ1v) is 8.90. The van der Waals surface area contributed by atoms with Crippen LogP contribution in [-0.4, -0.2) is 36.8 Å². The molecule has 2 N–H and O–H groups in total. The number of hydrogen-bond donors (Lipinski definition) is 2. The van der Waals surface area contributed by atoms with Gasteiger partial charge in [0.15, 0.2) is 5.82 Å². The van der Waals surface area contributed by atoms with Crippen LogP contribution >= 0.6 is 0 Å². The fraction of sp³-hybridized carbons (Fsp3) is 0.556. The minimum Gasteiger partial charge on any atom is -0.388 e. The van der Waals surface area contributed by atoms with Crippen molar-refractivity contribution in [1.82, 2.24) is 25.5 Å². The normalized spacial score (nSPS) is 15.8. The predicted molar refractivity (Wildman–Crippen MR) is 92.7 cm³/mol. The van der Waals surface area contributed by atoms with Gasteiger partial charge in [-0.25, -0.2) is 0 Å². The molecule has 1 aromatic heterocycles. The first-order chi connectivity index (χ1) is 12.0. The summed E-state index contributed by atoms with van der Waals surface area (Å²) in [5, 5.41) is 26.1. The van der Waals surface area contributed by atoms with Crippen molar-refractivity contribution in [3.8, 4) is 0 Å². The summed E-state index contributed by atoms with van der Waals surface area (Å²) in [5.41, 5.74) is -0.216. The van der Waals surface area contributed by atoms with Gasteiger partial charge in [0.1, 0.15) is 0 Å². The maximum Gasteiger partial charge on any atom is 0.251 e. The average Bonchev–Trinajstić information content (AvgIpc) is 3.39. The first kappa shape index (κ1) is 17.5. The molecule has 1 aliphatic rings. The number of carbonyl (C=O) groups is 1. The highest BCUT2D eigenvalue weighted by Crippen LogP contribution is 2.40. The van der Waals surface area contributed by atoms with E-state index in [4.69, 9.17) is 0 Å². The molecule has 1 heterocycles. The molecular formula is C18H25N5O2. The van der Waals surface area contributed by atoms with Gasteiger partial charge in [0.25, 0.3) is 5.91 Å². The zero-order valence-corrected chi connectivity index (χ0v) is 14.7. The summed E-state index contributed by atoms with van der Waals surface area (Å²) in [6.07, 6.45) is 3.33. The SMILES string of the molecule is CCC(O)(CC)Cn1nnc(C(NC(=O)c2ccccc2)C2CC2)n1. The summed E-state index contributed by atoms with van der Waals surface area (Å²) in [6, 6.07) is 8.89. The van der Waals surface area contributed by atoms with Gasteiger partial charge >= 0.3 is 0 Å². The Labute approximate surface area is 147 Å². The van der Waals surface area contributed by atoms with Crippen LogP contribution in [0.2, 0.25) is 0 Å². The molecule has 25 heavy (non-hydrogen) atoms. The van der Waals surface area contributed by atoms with Crippen LogP contribution in [0.15, 0.2) is 30.3 Å². The number of aliphatic hydroxyl groups is 1. The van der Waals surface area contributed by atoms with E-state index in [-0.39, 0.29) is 11.9 Å². The largest absolute Gasteiger partial charge is 0.388 e. The Bertz CT molecular complexity index is 707. The highest BCUT2D eigenvalue weighted by atomic mass is 16.3. The number of benzene rings is 1. The Kier molecular flexibility index (Phi) is 5.13. The number of amides is 1. The van der Waals surface area contributed by atoms with Gasteiger partial charge in [-0.2, -0.15) is 4.80 Å². The molecule has 1 fully saturated rings. The molecule has 1 amide bonds. The smallest absolute Gasteiger partial charge is 0.251 e. The Morgan fingerprint density at radius 2 is 2.00 bits per heavy atom. The summed E-state index contributed by atoms with van der Waals surface area (Å²) in [7, 11) is 0. The standard InChI is InChI=1S/C18H25N5O2/c1-3-18(25,4-2)12-23-21-16(20-22-23)15(13-10-11-13)19-17(24)14-8-6-5-7-9-14/h5-9,13,15,25H,3-4,10-12H2,1-2H3,(H,19,24). The molecule has 7 heteroatoms. The van der Waals surface area contributed by atoms with Crippen LogP contribution in [0.1, 0.15) is 61.8 Å². The first-order valence-electron chi connectivity index (χ1n) is 8.90. The number of tetrazole rings is 1. The van der Waals surface area contributed by atoms with E-state index in [1.54, 1.807) is 12.1 Å². The van der Waals surface area contributed by atoms with Crippen LogP contribution in [0.25, 0.3) is 0 Å². The van der Waals surface area contributed by atoms with E-state index >= 15 is 0 Å².